The third kappa shape index (κ3) is 1.74. The molecule has 1 saturated heterocycles. The lowest BCUT2D eigenvalue weighted by molar-refractivity contribution is -0.0510. The predicted molar refractivity (Wildman–Crippen MR) is 73.3 cm³/mol. The van der Waals surface area contributed by atoms with Crippen LogP contribution in [0.4, 0.5) is 0 Å². The zero-order valence-corrected chi connectivity index (χ0v) is 10.8. The zero-order chi connectivity index (χ0) is 15.2. The van der Waals surface area contributed by atoms with Crippen molar-refractivity contribution in [2.75, 3.05) is 6.61 Å². The largest absolute Gasteiger partial charge is 0.394 e. The smallest absolute Gasteiger partial charge is 0.238 e. The van der Waals surface area contributed by atoms with E-state index in [2.05, 4.69) is 20.9 Å². The summed E-state index contributed by atoms with van der Waals surface area (Å²) in [5.74, 6) is 2.40. The summed E-state index contributed by atoms with van der Waals surface area (Å²) in [6.07, 6.45) is 3.48. The van der Waals surface area contributed by atoms with E-state index in [0.717, 1.165) is 6.34 Å². The van der Waals surface area contributed by atoms with Gasteiger partial charge in [0.05, 0.1) is 12.9 Å². The van der Waals surface area contributed by atoms with Gasteiger partial charge in [-0.25, -0.2) is 15.0 Å². The Bertz CT molecular complexity index is 609. The highest BCUT2D eigenvalue weighted by Crippen LogP contribution is 2.31. The minimum absolute atomic E-state index is 0.166. The molecule has 1 unspecified atom stereocenters. The minimum atomic E-state index is -1.44. The second-order valence-corrected chi connectivity index (χ2v) is 4.78. The average molecular weight is 291 g/mol. The molecule has 3 aliphatic rings. The molecule has 110 valence electrons. The number of hydrogen-bond donors (Lipinski definition) is 4. The van der Waals surface area contributed by atoms with Crippen LogP contribution in [-0.4, -0.2) is 81.3 Å². The van der Waals surface area contributed by atoms with Crippen molar-refractivity contribution in [3.8, 4) is 12.3 Å². The maximum atomic E-state index is 10.0. The second kappa shape index (κ2) is 4.71. The van der Waals surface area contributed by atoms with E-state index in [4.69, 9.17) is 21.7 Å². The van der Waals surface area contributed by atoms with Gasteiger partial charge in [0.15, 0.2) is 17.9 Å². The van der Waals surface area contributed by atoms with E-state index in [-0.39, 0.29) is 11.7 Å². The Balaban J connectivity index is 1.94. The lowest BCUT2D eigenvalue weighted by atomic mass is 9.97. The Kier molecular flexibility index (Phi) is 3.11. The number of nitrogens with zero attached hydrogens (tertiary/aromatic N) is 4. The Morgan fingerprint density at radius 2 is 2.24 bits per heavy atom. The fourth-order valence-corrected chi connectivity index (χ4v) is 2.48. The fourth-order valence-electron chi connectivity index (χ4n) is 2.48. The quantitative estimate of drug-likeness (QED) is 0.419. The molecule has 3 aliphatic heterocycles. The summed E-state index contributed by atoms with van der Waals surface area (Å²) in [6, 6.07) is 0. The molecule has 1 fully saturated rings. The Labute approximate surface area is 119 Å². The van der Waals surface area contributed by atoms with Crippen LogP contribution < -0.4 is 0 Å². The molecule has 0 aromatic rings. The number of aliphatic imine (C=N–C) groups is 3. The van der Waals surface area contributed by atoms with Gasteiger partial charge in [0.2, 0.25) is 5.54 Å². The first-order chi connectivity index (χ1) is 10.0. The lowest BCUT2D eigenvalue weighted by Gasteiger charge is -2.30. The molecule has 0 aromatic heterocycles. The van der Waals surface area contributed by atoms with E-state index >= 15 is 0 Å². The molecule has 3 heterocycles. The van der Waals surface area contributed by atoms with Gasteiger partial charge < -0.3 is 20.1 Å². The van der Waals surface area contributed by atoms with Gasteiger partial charge in [-0.05, 0) is 0 Å². The van der Waals surface area contributed by atoms with Gasteiger partial charge >= 0.3 is 0 Å². The second-order valence-electron chi connectivity index (χ2n) is 4.78. The Morgan fingerprint density at radius 1 is 1.48 bits per heavy atom. The molecule has 0 spiro atoms. The van der Waals surface area contributed by atoms with Crippen molar-refractivity contribution in [1.29, 1.82) is 5.41 Å². The van der Waals surface area contributed by atoms with Crippen LogP contribution in [0.25, 0.3) is 0 Å². The van der Waals surface area contributed by atoms with Crippen LogP contribution in [0.3, 0.4) is 0 Å². The fraction of sp³-hybridized carbons (Fsp3) is 0.500. The van der Waals surface area contributed by atoms with E-state index < -0.39 is 36.7 Å². The molecule has 9 nitrogen and oxygen atoms in total. The number of hydrogen-bond acceptors (Lipinski definition) is 8. The maximum absolute atomic E-state index is 10.0. The van der Waals surface area contributed by atoms with Crippen LogP contribution in [0.15, 0.2) is 15.0 Å². The van der Waals surface area contributed by atoms with Gasteiger partial charge in [-0.2, -0.15) is 0 Å². The topological polar surface area (TPSA) is 134 Å². The first-order valence-corrected chi connectivity index (χ1v) is 6.19. The molecule has 0 aromatic carbocycles. The normalized spacial score (nSPS) is 41.1. The molecule has 0 bridgehead atoms. The number of fused-ring (bicyclic) bond motifs is 1. The summed E-state index contributed by atoms with van der Waals surface area (Å²) in [7, 11) is 0. The third-order valence-electron chi connectivity index (χ3n) is 3.65. The first kappa shape index (κ1) is 13.8. The third-order valence-corrected chi connectivity index (χ3v) is 3.65. The van der Waals surface area contributed by atoms with Crippen LogP contribution in [-0.2, 0) is 4.74 Å². The molecular formula is C12H13N5O4. The molecule has 0 amide bonds. The molecule has 21 heavy (non-hydrogen) atoms. The van der Waals surface area contributed by atoms with E-state index in [1.807, 2.05) is 0 Å². The summed E-state index contributed by atoms with van der Waals surface area (Å²) in [5, 5.41) is 36.8. The summed E-state index contributed by atoms with van der Waals surface area (Å²) in [6.45, 7) is -0.441. The molecule has 0 aliphatic carbocycles. The van der Waals surface area contributed by atoms with Crippen molar-refractivity contribution in [1.82, 2.24) is 4.90 Å². The number of rotatable bonds is 2. The van der Waals surface area contributed by atoms with Gasteiger partial charge in [-0.15, -0.1) is 6.42 Å². The number of nitrogens with one attached hydrogen (secondary N) is 1. The van der Waals surface area contributed by atoms with Crippen LogP contribution in [0.5, 0.6) is 0 Å². The Morgan fingerprint density at radius 3 is 2.86 bits per heavy atom. The van der Waals surface area contributed by atoms with E-state index in [1.54, 1.807) is 0 Å². The van der Waals surface area contributed by atoms with Gasteiger partial charge in [-0.1, -0.05) is 5.92 Å². The molecule has 0 saturated carbocycles. The Hall–Kier alpha value is -2.12. The lowest BCUT2D eigenvalue weighted by Crippen LogP contribution is -2.53. The molecule has 4 N–H and O–H groups in total. The van der Waals surface area contributed by atoms with Crippen LogP contribution in [0.2, 0.25) is 0 Å². The number of ether oxygens (including phenoxy) is 1. The zero-order valence-electron chi connectivity index (χ0n) is 10.8. The van der Waals surface area contributed by atoms with Crippen LogP contribution in [0, 0.1) is 17.8 Å². The average Bonchev–Trinajstić information content (AvgIpc) is 3.00. The summed E-state index contributed by atoms with van der Waals surface area (Å²) in [4.78, 5) is 13.2. The summed E-state index contributed by atoms with van der Waals surface area (Å²) >= 11 is 0. The summed E-state index contributed by atoms with van der Waals surface area (Å²) < 4.78 is 5.41. The minimum Gasteiger partial charge on any atom is -0.394 e. The highest BCUT2D eigenvalue weighted by atomic mass is 16.6. The number of aliphatic hydroxyl groups excluding tert-OH is 3. The van der Waals surface area contributed by atoms with Crippen molar-refractivity contribution in [2.24, 2.45) is 15.0 Å². The first-order valence-electron chi connectivity index (χ1n) is 6.19. The standard InChI is InChI=1S/C12H13N5O4/c1-2-12-10(13)14-4-15-11(12)17(5-16-12)9-8(20)7(19)6(3-18)21-9/h1,4-9,13,18-20H,3H2/t6-,7-,8-,9-,12?/m1/s1. The molecule has 5 atom stereocenters. The number of amidine groups is 2. The van der Waals surface area contributed by atoms with E-state index in [0.29, 0.717) is 0 Å². The van der Waals surface area contributed by atoms with Crippen molar-refractivity contribution < 1.29 is 20.1 Å². The van der Waals surface area contributed by atoms with Crippen molar-refractivity contribution in [2.45, 2.75) is 30.1 Å². The van der Waals surface area contributed by atoms with Crippen molar-refractivity contribution in [3.05, 3.63) is 0 Å². The van der Waals surface area contributed by atoms with Gasteiger partial charge in [-0.3, -0.25) is 10.3 Å². The monoisotopic (exact) mass is 291 g/mol. The van der Waals surface area contributed by atoms with Crippen molar-refractivity contribution >= 4 is 24.3 Å². The highest BCUT2D eigenvalue weighted by Gasteiger charge is 2.53. The highest BCUT2D eigenvalue weighted by molar-refractivity contribution is 6.26. The van der Waals surface area contributed by atoms with Gasteiger partial charge in [0.1, 0.15) is 24.7 Å². The molecule has 3 rings (SSSR count). The van der Waals surface area contributed by atoms with Gasteiger partial charge in [0.25, 0.3) is 0 Å². The summed E-state index contributed by atoms with van der Waals surface area (Å²) in [5.41, 5.74) is -1.44. The number of aliphatic hydroxyl groups is 3. The molecule has 9 heteroatoms. The maximum Gasteiger partial charge on any atom is 0.238 e. The van der Waals surface area contributed by atoms with Crippen LogP contribution in [0.1, 0.15) is 0 Å². The van der Waals surface area contributed by atoms with Crippen LogP contribution >= 0.6 is 0 Å². The van der Waals surface area contributed by atoms with E-state index in [9.17, 15) is 10.2 Å². The van der Waals surface area contributed by atoms with Crippen molar-refractivity contribution in [3.63, 3.8) is 0 Å². The van der Waals surface area contributed by atoms with Gasteiger partial charge in [0, 0.05) is 0 Å². The molecular weight excluding hydrogens is 278 g/mol. The molecule has 0 radical (unpaired) electrons. The SMILES string of the molecule is C#CC12N=CN([C@@H]3O[C@H](CO)[C@@H](O)[C@H]3O)C1=NC=NC2=N. The van der Waals surface area contributed by atoms with E-state index in [1.165, 1.54) is 11.2 Å². The predicted octanol–water partition coefficient (Wildman–Crippen LogP) is -2.44. The number of terminal acetylenes is 1.